The Labute approximate surface area is 179 Å². The lowest BCUT2D eigenvalue weighted by atomic mass is 9.96. The first-order chi connectivity index (χ1) is 14.4. The Balaban J connectivity index is 1.85. The Morgan fingerprint density at radius 3 is 2.37 bits per heavy atom. The largest absolute Gasteiger partial charge is 0.453 e. The van der Waals surface area contributed by atoms with Gasteiger partial charge in [-0.15, -0.1) is 11.8 Å². The van der Waals surface area contributed by atoms with Crippen molar-refractivity contribution < 1.29 is 29.3 Å². The molecule has 1 aliphatic heterocycles. The molecule has 5 atom stereocenters. The first-order valence-electron chi connectivity index (χ1n) is 9.55. The maximum absolute atomic E-state index is 12.8. The van der Waals surface area contributed by atoms with Gasteiger partial charge in [-0.3, -0.25) is 4.79 Å². The number of aliphatic hydroxyl groups excluding tert-OH is 2. The van der Waals surface area contributed by atoms with Crippen LogP contribution in [-0.2, 0) is 9.47 Å². The van der Waals surface area contributed by atoms with Gasteiger partial charge in [-0.2, -0.15) is 0 Å². The van der Waals surface area contributed by atoms with Crippen molar-refractivity contribution in [3.05, 3.63) is 71.3 Å². The molecule has 0 spiro atoms. The van der Waals surface area contributed by atoms with Crippen molar-refractivity contribution in [2.45, 2.75) is 36.7 Å². The van der Waals surface area contributed by atoms with Crippen molar-refractivity contribution in [2.24, 2.45) is 0 Å². The zero-order chi connectivity index (χ0) is 21.7. The lowest BCUT2D eigenvalue weighted by Crippen LogP contribution is -2.64. The molecule has 3 rings (SSSR count). The number of nitrogens with one attached hydrogen (secondary N) is 1. The number of ether oxygens (including phenoxy) is 2. The van der Waals surface area contributed by atoms with Crippen LogP contribution >= 0.6 is 11.8 Å². The summed E-state index contributed by atoms with van der Waals surface area (Å²) in [5, 5.41) is 23.1. The number of amides is 1. The molecule has 1 aliphatic rings. The lowest BCUT2D eigenvalue weighted by Gasteiger charge is -2.43. The van der Waals surface area contributed by atoms with Crippen molar-refractivity contribution in [2.75, 3.05) is 12.9 Å². The van der Waals surface area contributed by atoms with E-state index in [2.05, 4.69) is 5.32 Å². The number of aliphatic hydroxyl groups is 2. The summed E-state index contributed by atoms with van der Waals surface area (Å²) in [6, 6.07) is 14.5. The van der Waals surface area contributed by atoms with E-state index in [1.165, 1.54) is 11.8 Å². The summed E-state index contributed by atoms with van der Waals surface area (Å²) in [7, 11) is 0. The molecule has 8 heteroatoms. The number of rotatable bonds is 6. The maximum Gasteiger partial charge on any atom is 0.338 e. The zero-order valence-electron chi connectivity index (χ0n) is 16.7. The number of carbonyl (C=O) groups excluding carboxylic acids is 2. The Kier molecular flexibility index (Phi) is 7.49. The van der Waals surface area contributed by atoms with Crippen molar-refractivity contribution >= 4 is 23.6 Å². The average molecular weight is 432 g/mol. The van der Waals surface area contributed by atoms with Crippen LogP contribution in [0.1, 0.15) is 26.3 Å². The zero-order valence-corrected chi connectivity index (χ0v) is 17.5. The van der Waals surface area contributed by atoms with Gasteiger partial charge in [-0.1, -0.05) is 35.9 Å². The van der Waals surface area contributed by atoms with E-state index in [-0.39, 0.29) is 0 Å². The molecule has 0 aliphatic carbocycles. The van der Waals surface area contributed by atoms with E-state index in [1.54, 1.807) is 48.7 Å². The number of aryl methyl sites for hydroxylation is 1. The van der Waals surface area contributed by atoms with E-state index in [0.717, 1.165) is 5.56 Å². The predicted molar refractivity (Wildman–Crippen MR) is 113 cm³/mol. The van der Waals surface area contributed by atoms with Gasteiger partial charge in [0.05, 0.1) is 18.2 Å². The van der Waals surface area contributed by atoms with Gasteiger partial charge < -0.3 is 25.0 Å². The Bertz CT molecular complexity index is 860. The van der Waals surface area contributed by atoms with Crippen molar-refractivity contribution in [1.82, 2.24) is 5.32 Å². The first kappa shape index (κ1) is 22.3. The third-order valence-corrected chi connectivity index (χ3v) is 5.80. The van der Waals surface area contributed by atoms with Crippen LogP contribution in [-0.4, -0.2) is 64.7 Å². The van der Waals surface area contributed by atoms with Crippen molar-refractivity contribution in [1.29, 1.82) is 0 Å². The molecule has 2 aromatic carbocycles. The molecule has 7 nitrogen and oxygen atoms in total. The highest BCUT2D eigenvalue weighted by atomic mass is 32.2. The van der Waals surface area contributed by atoms with Gasteiger partial charge >= 0.3 is 5.97 Å². The van der Waals surface area contributed by atoms with Crippen LogP contribution < -0.4 is 5.32 Å². The minimum Gasteiger partial charge on any atom is -0.453 e. The summed E-state index contributed by atoms with van der Waals surface area (Å²) >= 11 is 1.27. The molecule has 0 saturated carbocycles. The molecule has 0 aromatic heterocycles. The normalized spacial score (nSPS) is 26.1. The fourth-order valence-electron chi connectivity index (χ4n) is 3.27. The predicted octanol–water partition coefficient (Wildman–Crippen LogP) is 1.76. The summed E-state index contributed by atoms with van der Waals surface area (Å²) in [5.74, 6) is -1.01. The van der Waals surface area contributed by atoms with Crippen LogP contribution in [0.3, 0.4) is 0 Å². The van der Waals surface area contributed by atoms with E-state index >= 15 is 0 Å². The maximum atomic E-state index is 12.8. The molecule has 0 bridgehead atoms. The quantitative estimate of drug-likeness (QED) is 0.599. The van der Waals surface area contributed by atoms with E-state index < -0.39 is 48.3 Å². The van der Waals surface area contributed by atoms with E-state index in [4.69, 9.17) is 9.47 Å². The third kappa shape index (κ3) is 5.02. The van der Waals surface area contributed by atoms with E-state index in [1.807, 2.05) is 19.1 Å². The van der Waals surface area contributed by atoms with Crippen LogP contribution in [0.4, 0.5) is 0 Å². The van der Waals surface area contributed by atoms with E-state index in [9.17, 15) is 19.8 Å². The molecule has 1 fully saturated rings. The lowest BCUT2D eigenvalue weighted by molar-refractivity contribution is -0.166. The van der Waals surface area contributed by atoms with Gasteiger partial charge in [0, 0.05) is 5.56 Å². The number of thioether (sulfide) groups is 1. The molecule has 160 valence electrons. The minimum absolute atomic E-state index is 0.347. The number of hydrogen-bond acceptors (Lipinski definition) is 7. The van der Waals surface area contributed by atoms with Crippen LogP contribution in [0.5, 0.6) is 0 Å². The highest BCUT2D eigenvalue weighted by Crippen LogP contribution is 2.30. The topological polar surface area (TPSA) is 105 Å². The Morgan fingerprint density at radius 1 is 1.10 bits per heavy atom. The number of hydrogen-bond donors (Lipinski definition) is 3. The van der Waals surface area contributed by atoms with Gasteiger partial charge in [0.2, 0.25) is 0 Å². The van der Waals surface area contributed by atoms with Crippen LogP contribution in [0, 0.1) is 6.92 Å². The Morgan fingerprint density at radius 2 is 1.77 bits per heavy atom. The summed E-state index contributed by atoms with van der Waals surface area (Å²) in [6.07, 6.45) is -1.38. The number of benzene rings is 2. The third-order valence-electron chi connectivity index (χ3n) is 4.96. The van der Waals surface area contributed by atoms with E-state index in [0.29, 0.717) is 11.1 Å². The van der Waals surface area contributed by atoms with Gasteiger partial charge in [-0.05, 0) is 37.4 Å². The van der Waals surface area contributed by atoms with Crippen molar-refractivity contribution in [3.8, 4) is 0 Å². The molecule has 30 heavy (non-hydrogen) atoms. The number of carbonyl (C=O) groups is 2. The minimum atomic E-state index is -1.26. The highest BCUT2D eigenvalue weighted by molar-refractivity contribution is 7.99. The molecule has 1 saturated heterocycles. The van der Waals surface area contributed by atoms with Gasteiger partial charge in [0.25, 0.3) is 5.91 Å². The fourth-order valence-corrected chi connectivity index (χ4v) is 4.01. The van der Waals surface area contributed by atoms with Crippen molar-refractivity contribution in [3.63, 3.8) is 0 Å². The summed E-state index contributed by atoms with van der Waals surface area (Å²) in [4.78, 5) is 25.4. The second kappa shape index (κ2) is 10.1. The summed E-state index contributed by atoms with van der Waals surface area (Å²) in [6.45, 7) is 1.48. The molecule has 3 N–H and O–H groups in total. The van der Waals surface area contributed by atoms with Gasteiger partial charge in [-0.25, -0.2) is 4.79 Å². The molecule has 0 unspecified atom stereocenters. The first-order valence-corrected chi connectivity index (χ1v) is 10.8. The molecular weight excluding hydrogens is 406 g/mol. The Hall–Kier alpha value is -2.39. The SMILES string of the molecule is CS[C@@H]1O[C@H](CO)[C@H](O)[C@H](NC(=O)c2ccc(C)cc2)[C@H]1OC(=O)c1ccccc1. The monoisotopic (exact) mass is 431 g/mol. The summed E-state index contributed by atoms with van der Waals surface area (Å²) < 4.78 is 11.4. The smallest absolute Gasteiger partial charge is 0.338 e. The standard InChI is InChI=1S/C22H25NO6S/c1-13-8-10-14(11-9-13)20(26)23-17-18(25)16(12-24)28-22(30-2)19(17)29-21(27)15-6-4-3-5-7-15/h3-11,16-19,22,24-25H,12H2,1-2H3,(H,23,26)/t16-,17+,18+,19-,22+/m1/s1. The number of esters is 1. The molecule has 1 heterocycles. The average Bonchev–Trinajstić information content (AvgIpc) is 2.77. The fraction of sp³-hybridized carbons (Fsp3) is 0.364. The molecule has 0 radical (unpaired) electrons. The van der Waals surface area contributed by atoms with Crippen LogP contribution in [0.2, 0.25) is 0 Å². The molecular formula is C22H25NO6S. The van der Waals surface area contributed by atoms with Gasteiger partial charge in [0.1, 0.15) is 17.6 Å². The van der Waals surface area contributed by atoms with Crippen LogP contribution in [0.15, 0.2) is 54.6 Å². The second-order valence-electron chi connectivity index (χ2n) is 7.05. The highest BCUT2D eigenvalue weighted by Gasteiger charge is 2.47. The molecule has 2 aromatic rings. The van der Waals surface area contributed by atoms with Crippen LogP contribution in [0.25, 0.3) is 0 Å². The molecule has 1 amide bonds. The summed E-state index contributed by atoms with van der Waals surface area (Å²) in [5.41, 5.74) is 1.09. The van der Waals surface area contributed by atoms with Gasteiger partial charge in [0.15, 0.2) is 6.10 Å². The second-order valence-corrected chi connectivity index (χ2v) is 7.99.